The average molecular weight is 504 g/mol. The van der Waals surface area contributed by atoms with Crippen LogP contribution in [0.5, 0.6) is 0 Å². The van der Waals surface area contributed by atoms with Crippen molar-refractivity contribution in [2.75, 3.05) is 0 Å². The molecular formula is CdPbSnZn. The zero-order valence-corrected chi connectivity index (χ0v) is 16.2. The third kappa shape index (κ3) is 8.98. The van der Waals surface area contributed by atoms with Crippen molar-refractivity contribution in [1.29, 1.82) is 0 Å². The first-order valence-electron chi connectivity index (χ1n) is 0. The van der Waals surface area contributed by atoms with Crippen LogP contribution in [0, 0.1) is 0 Å². The van der Waals surface area contributed by atoms with Crippen LogP contribution in [0.15, 0.2) is 0 Å². The molecular weight excluding hydrogens is 504 g/mol. The van der Waals surface area contributed by atoms with Crippen LogP contribution >= 0.6 is 0 Å². The molecule has 0 saturated carbocycles. The summed E-state index contributed by atoms with van der Waals surface area (Å²) in [6, 6.07) is 0. The molecule has 0 rings (SSSR count). The molecule has 0 saturated heterocycles. The van der Waals surface area contributed by atoms with Crippen molar-refractivity contribution in [3.63, 3.8) is 0 Å². The summed E-state index contributed by atoms with van der Waals surface area (Å²) in [6.07, 6.45) is 0. The first kappa shape index (κ1) is 26.7. The minimum absolute atomic E-state index is 0. The Morgan fingerprint density at radius 3 is 1.00 bits per heavy atom. The van der Waals surface area contributed by atoms with Gasteiger partial charge in [0.1, 0.15) is 0 Å². The van der Waals surface area contributed by atoms with E-state index in [-0.39, 0.29) is 98.0 Å². The van der Waals surface area contributed by atoms with Gasteiger partial charge in [0.25, 0.3) is 0 Å². The predicted octanol–water partition coefficient (Wildman–Crippen LogP) is -0.767. The SMILES string of the molecule is [Cd].[Pb].[Sn].[Zn]. The van der Waals surface area contributed by atoms with Gasteiger partial charge in [-0.15, -0.1) is 0 Å². The normalized spacial score (nSPS) is 0. The maximum atomic E-state index is 0. The number of hydrogen-bond donors (Lipinski definition) is 0. The summed E-state index contributed by atoms with van der Waals surface area (Å²) in [6.45, 7) is 0. The topological polar surface area (TPSA) is 0 Å². The molecule has 0 aliphatic heterocycles. The van der Waals surface area contributed by atoms with Gasteiger partial charge in [0.05, 0.1) is 0 Å². The zero-order valence-electron chi connectivity index (χ0n) is 2.41. The van der Waals surface area contributed by atoms with Crippen LogP contribution in [0.3, 0.4) is 0 Å². The van der Waals surface area contributed by atoms with E-state index in [9.17, 15) is 0 Å². The fourth-order valence-electron chi connectivity index (χ4n) is 0. The van der Waals surface area contributed by atoms with Crippen LogP contribution in [-0.4, -0.2) is 51.2 Å². The molecule has 4 heteroatoms. The van der Waals surface area contributed by atoms with Crippen LogP contribution < -0.4 is 0 Å². The molecule has 0 aliphatic rings. The molecule has 0 aromatic heterocycles. The predicted molar refractivity (Wildman–Crippen MR) is 11.5 cm³/mol. The third-order valence-corrected chi connectivity index (χ3v) is 0. The van der Waals surface area contributed by atoms with Gasteiger partial charge in [0, 0.05) is 98.0 Å². The van der Waals surface area contributed by atoms with Crippen LogP contribution in [0.1, 0.15) is 0 Å². The maximum Gasteiger partial charge on any atom is 0 e. The molecule has 0 heterocycles. The van der Waals surface area contributed by atoms with Gasteiger partial charge in [-0.25, -0.2) is 0 Å². The fourth-order valence-corrected chi connectivity index (χ4v) is 0. The maximum absolute atomic E-state index is 0. The Bertz CT molecular complexity index is 8.00. The van der Waals surface area contributed by atoms with Crippen molar-refractivity contribution in [2.45, 2.75) is 0 Å². The summed E-state index contributed by atoms with van der Waals surface area (Å²) in [7, 11) is 0. The summed E-state index contributed by atoms with van der Waals surface area (Å²) in [5.74, 6) is 0. The smallest absolute Gasteiger partial charge is 0 e. The molecule has 0 atom stereocenters. The van der Waals surface area contributed by atoms with Gasteiger partial charge in [-0.1, -0.05) is 0 Å². The summed E-state index contributed by atoms with van der Waals surface area (Å²) in [5.41, 5.74) is 0. The van der Waals surface area contributed by atoms with Gasteiger partial charge >= 0.3 is 0 Å². The van der Waals surface area contributed by atoms with Crippen LogP contribution in [0.25, 0.3) is 0 Å². The molecule has 0 aliphatic carbocycles. The molecule has 0 spiro atoms. The van der Waals surface area contributed by atoms with Crippen molar-refractivity contribution in [3.8, 4) is 0 Å². The van der Waals surface area contributed by atoms with E-state index in [1.165, 1.54) is 0 Å². The van der Waals surface area contributed by atoms with Crippen LogP contribution in [0.4, 0.5) is 0 Å². The first-order valence-corrected chi connectivity index (χ1v) is 0. The Morgan fingerprint density at radius 1 is 1.00 bits per heavy atom. The van der Waals surface area contributed by atoms with Gasteiger partial charge in [0.15, 0.2) is 0 Å². The third-order valence-electron chi connectivity index (χ3n) is 0. The van der Waals surface area contributed by atoms with E-state index in [0.29, 0.717) is 0 Å². The van der Waals surface area contributed by atoms with Crippen molar-refractivity contribution >= 4 is 51.2 Å². The van der Waals surface area contributed by atoms with Gasteiger partial charge in [-0.3, -0.25) is 0 Å². The molecule has 0 amide bonds. The van der Waals surface area contributed by atoms with Gasteiger partial charge in [-0.2, -0.15) is 0 Å². The molecule has 12 valence electrons. The van der Waals surface area contributed by atoms with Gasteiger partial charge < -0.3 is 0 Å². The monoisotopic (exact) mass is 506 g/mol. The second-order valence-corrected chi connectivity index (χ2v) is 0. The van der Waals surface area contributed by atoms with E-state index >= 15 is 0 Å². The molecule has 4 heavy (non-hydrogen) atoms. The van der Waals surface area contributed by atoms with Crippen molar-refractivity contribution < 1.29 is 46.8 Å². The number of hydrogen-bond acceptors (Lipinski definition) is 0. The van der Waals surface area contributed by atoms with Gasteiger partial charge in [0.2, 0.25) is 0 Å². The molecule has 0 aromatic rings. The standard InChI is InChI=1S/Cd.Pb.Sn.Zn. The summed E-state index contributed by atoms with van der Waals surface area (Å²) >= 11 is 0. The quantitative estimate of drug-likeness (QED) is 0.381. The van der Waals surface area contributed by atoms with E-state index in [1.807, 2.05) is 0 Å². The Morgan fingerprint density at radius 2 is 1.00 bits per heavy atom. The van der Waals surface area contributed by atoms with E-state index in [4.69, 9.17) is 0 Å². The molecule has 0 nitrogen and oxygen atoms in total. The Kier molecular flexibility index (Phi) is 109. The van der Waals surface area contributed by atoms with E-state index in [1.54, 1.807) is 0 Å². The second kappa shape index (κ2) is 16.3. The van der Waals surface area contributed by atoms with E-state index < -0.39 is 0 Å². The summed E-state index contributed by atoms with van der Waals surface area (Å²) in [4.78, 5) is 0. The Hall–Kier alpha value is 3.27. The minimum atomic E-state index is 0. The van der Waals surface area contributed by atoms with Gasteiger partial charge in [-0.05, 0) is 0 Å². The molecule has 8 radical (unpaired) electrons. The fraction of sp³-hybridized carbons (Fsp3) is 0. The summed E-state index contributed by atoms with van der Waals surface area (Å²) < 4.78 is 0. The number of rotatable bonds is 0. The van der Waals surface area contributed by atoms with Crippen molar-refractivity contribution in [2.24, 2.45) is 0 Å². The molecule has 0 bridgehead atoms. The second-order valence-electron chi connectivity index (χ2n) is 0. The van der Waals surface area contributed by atoms with Crippen molar-refractivity contribution in [3.05, 3.63) is 0 Å². The van der Waals surface area contributed by atoms with Crippen molar-refractivity contribution in [1.82, 2.24) is 0 Å². The Balaban J connectivity index is 0. The Labute approximate surface area is 95.9 Å². The zero-order chi connectivity index (χ0) is 0. The van der Waals surface area contributed by atoms with Crippen LogP contribution in [-0.2, 0) is 46.8 Å². The van der Waals surface area contributed by atoms with E-state index in [0.717, 1.165) is 0 Å². The average Bonchev–Trinajstić information content (AvgIpc) is 0. The summed E-state index contributed by atoms with van der Waals surface area (Å²) in [5, 5.41) is 0. The van der Waals surface area contributed by atoms with E-state index in [2.05, 4.69) is 0 Å². The van der Waals surface area contributed by atoms with Crippen LogP contribution in [0.2, 0.25) is 0 Å². The molecule has 0 fully saturated rings. The molecule has 0 N–H and O–H groups in total. The first-order chi connectivity index (χ1) is 0. The molecule has 0 unspecified atom stereocenters. The minimum Gasteiger partial charge on any atom is 0 e. The largest absolute Gasteiger partial charge is 0 e. The molecule has 0 aromatic carbocycles.